The maximum absolute atomic E-state index is 10.9. The molecule has 1 atom stereocenters. The molecule has 0 fully saturated rings. The van der Waals surface area contributed by atoms with Crippen LogP contribution in [0.25, 0.3) is 0 Å². The van der Waals surface area contributed by atoms with E-state index in [4.69, 9.17) is 10.8 Å². The highest BCUT2D eigenvalue weighted by Crippen LogP contribution is 1.97. The van der Waals surface area contributed by atoms with Crippen LogP contribution in [-0.2, 0) is 4.79 Å². The fourth-order valence-corrected chi connectivity index (χ4v) is 0.667. The minimum Gasteiger partial charge on any atom is -0.395 e. The van der Waals surface area contributed by atoms with E-state index in [9.17, 15) is 4.79 Å². The summed E-state index contributed by atoms with van der Waals surface area (Å²) in [5.74, 6) is 0.172. The lowest BCUT2D eigenvalue weighted by Crippen LogP contribution is -2.29. The van der Waals surface area contributed by atoms with Crippen LogP contribution in [0, 0.1) is 5.92 Å². The van der Waals surface area contributed by atoms with Crippen LogP contribution < -0.4 is 11.1 Å². The van der Waals surface area contributed by atoms with Crippen LogP contribution in [0.15, 0.2) is 0 Å². The summed E-state index contributed by atoms with van der Waals surface area (Å²) < 4.78 is 0. The van der Waals surface area contributed by atoms with Gasteiger partial charge in [0.15, 0.2) is 0 Å². The van der Waals surface area contributed by atoms with E-state index in [0.717, 1.165) is 0 Å². The molecule has 0 aliphatic rings. The highest BCUT2D eigenvalue weighted by atomic mass is 16.3. The number of hydrogen-bond donors (Lipinski definition) is 3. The Balaban J connectivity index is 3.36. The summed E-state index contributed by atoms with van der Waals surface area (Å²) in [6.07, 6.45) is 0.441. The van der Waals surface area contributed by atoms with Crippen molar-refractivity contribution in [2.24, 2.45) is 11.7 Å². The van der Waals surface area contributed by atoms with Crippen molar-refractivity contribution in [2.45, 2.75) is 13.3 Å². The van der Waals surface area contributed by atoms with E-state index in [1.807, 2.05) is 6.92 Å². The molecule has 0 aliphatic carbocycles. The average Bonchev–Trinajstić information content (AvgIpc) is 2.00. The van der Waals surface area contributed by atoms with Crippen LogP contribution in [0.1, 0.15) is 13.3 Å². The average molecular weight is 160 g/mol. The maximum atomic E-state index is 10.9. The van der Waals surface area contributed by atoms with Crippen LogP contribution in [0.4, 0.5) is 0 Å². The lowest BCUT2D eigenvalue weighted by Gasteiger charge is -2.07. The van der Waals surface area contributed by atoms with E-state index in [1.165, 1.54) is 0 Å². The molecule has 0 aromatic heterocycles. The number of nitrogens with two attached hydrogens (primary N) is 1. The van der Waals surface area contributed by atoms with Gasteiger partial charge in [-0.3, -0.25) is 4.79 Å². The third-order valence-electron chi connectivity index (χ3n) is 1.37. The first kappa shape index (κ1) is 10.4. The molecule has 0 aromatic rings. The van der Waals surface area contributed by atoms with Gasteiger partial charge in [-0.05, 0) is 12.5 Å². The van der Waals surface area contributed by atoms with Crippen LogP contribution in [0.2, 0.25) is 0 Å². The second-order valence-corrected chi connectivity index (χ2v) is 2.62. The number of nitrogens with one attached hydrogen (secondary N) is 1. The van der Waals surface area contributed by atoms with Gasteiger partial charge in [0.1, 0.15) is 0 Å². The Bertz CT molecular complexity index is 117. The molecule has 0 radical (unpaired) electrons. The first-order valence-electron chi connectivity index (χ1n) is 3.78. The molecular formula is C7H16N2O2. The molecule has 0 aliphatic heterocycles. The third kappa shape index (κ3) is 5.82. The molecule has 4 heteroatoms. The molecule has 0 spiro atoms. The summed E-state index contributed by atoms with van der Waals surface area (Å²) in [5, 5.41) is 10.9. The largest absolute Gasteiger partial charge is 0.395 e. The van der Waals surface area contributed by atoms with E-state index in [2.05, 4.69) is 5.32 Å². The predicted octanol–water partition coefficient (Wildman–Crippen LogP) is -0.920. The van der Waals surface area contributed by atoms with Crippen molar-refractivity contribution in [2.75, 3.05) is 19.7 Å². The standard InChI is InChI=1S/C7H16N2O2/c1-6(5-8)4-7(11)9-2-3-10/h6,10H,2-5,8H2,1H3,(H,9,11). The summed E-state index contributed by atoms with van der Waals surface area (Å²) in [4.78, 5) is 10.9. The Morgan fingerprint density at radius 1 is 1.73 bits per heavy atom. The van der Waals surface area contributed by atoms with Crippen molar-refractivity contribution in [3.8, 4) is 0 Å². The second-order valence-electron chi connectivity index (χ2n) is 2.62. The normalized spacial score (nSPS) is 12.6. The molecule has 4 nitrogen and oxygen atoms in total. The molecular weight excluding hydrogens is 144 g/mol. The van der Waals surface area contributed by atoms with E-state index >= 15 is 0 Å². The van der Waals surface area contributed by atoms with Crippen molar-refractivity contribution in [3.63, 3.8) is 0 Å². The molecule has 11 heavy (non-hydrogen) atoms. The second kappa shape index (κ2) is 6.12. The summed E-state index contributed by atoms with van der Waals surface area (Å²) in [7, 11) is 0. The monoisotopic (exact) mass is 160 g/mol. The van der Waals surface area contributed by atoms with Crippen molar-refractivity contribution in [1.29, 1.82) is 0 Å². The van der Waals surface area contributed by atoms with Gasteiger partial charge < -0.3 is 16.2 Å². The number of aliphatic hydroxyl groups excluding tert-OH is 1. The van der Waals surface area contributed by atoms with Crippen LogP contribution in [-0.4, -0.2) is 30.7 Å². The van der Waals surface area contributed by atoms with E-state index < -0.39 is 0 Å². The molecule has 0 saturated carbocycles. The molecule has 66 valence electrons. The first-order valence-corrected chi connectivity index (χ1v) is 3.78. The zero-order chi connectivity index (χ0) is 8.69. The topological polar surface area (TPSA) is 75.4 Å². The van der Waals surface area contributed by atoms with E-state index in [0.29, 0.717) is 19.5 Å². The minimum atomic E-state index is -0.0444. The van der Waals surface area contributed by atoms with Gasteiger partial charge in [-0.15, -0.1) is 0 Å². The zero-order valence-corrected chi connectivity index (χ0v) is 6.84. The number of rotatable bonds is 5. The van der Waals surface area contributed by atoms with Crippen LogP contribution in [0.5, 0.6) is 0 Å². The molecule has 0 rings (SSSR count). The molecule has 0 saturated heterocycles. The summed E-state index contributed by atoms with van der Waals surface area (Å²) in [6, 6.07) is 0. The van der Waals surface area contributed by atoms with Crippen molar-refractivity contribution >= 4 is 5.91 Å². The summed E-state index contributed by atoms with van der Waals surface area (Å²) in [5.41, 5.74) is 5.32. The highest BCUT2D eigenvalue weighted by Gasteiger charge is 2.05. The zero-order valence-electron chi connectivity index (χ0n) is 6.84. The molecule has 0 aromatic carbocycles. The smallest absolute Gasteiger partial charge is 0.220 e. The molecule has 0 bridgehead atoms. The fourth-order valence-electron chi connectivity index (χ4n) is 0.667. The lowest BCUT2D eigenvalue weighted by molar-refractivity contribution is -0.122. The number of amides is 1. The quantitative estimate of drug-likeness (QED) is 0.487. The Morgan fingerprint density at radius 2 is 2.36 bits per heavy atom. The number of carbonyl (C=O) groups excluding carboxylic acids is 1. The fraction of sp³-hybridized carbons (Fsp3) is 0.857. The SMILES string of the molecule is CC(CN)CC(=O)NCCO. The summed E-state index contributed by atoms with van der Waals surface area (Å²) >= 11 is 0. The number of carbonyl (C=O) groups is 1. The van der Waals surface area contributed by atoms with Gasteiger partial charge in [0.25, 0.3) is 0 Å². The molecule has 1 unspecified atom stereocenters. The molecule has 4 N–H and O–H groups in total. The van der Waals surface area contributed by atoms with Crippen molar-refractivity contribution in [3.05, 3.63) is 0 Å². The summed E-state index contributed by atoms with van der Waals surface area (Å²) in [6.45, 7) is 2.75. The number of hydrogen-bond acceptors (Lipinski definition) is 3. The van der Waals surface area contributed by atoms with Crippen molar-refractivity contribution in [1.82, 2.24) is 5.32 Å². The van der Waals surface area contributed by atoms with Gasteiger partial charge in [-0.2, -0.15) is 0 Å². The Labute approximate surface area is 66.8 Å². The first-order chi connectivity index (χ1) is 5.20. The van der Waals surface area contributed by atoms with Crippen LogP contribution >= 0.6 is 0 Å². The van der Waals surface area contributed by atoms with Gasteiger partial charge in [-0.25, -0.2) is 0 Å². The predicted molar refractivity (Wildman–Crippen MR) is 42.9 cm³/mol. The van der Waals surface area contributed by atoms with Gasteiger partial charge in [-0.1, -0.05) is 6.92 Å². The minimum absolute atomic E-state index is 0.0112. The Morgan fingerprint density at radius 3 is 2.82 bits per heavy atom. The van der Waals surface area contributed by atoms with Gasteiger partial charge in [0, 0.05) is 13.0 Å². The van der Waals surface area contributed by atoms with Gasteiger partial charge in [0.2, 0.25) is 5.91 Å². The van der Waals surface area contributed by atoms with Gasteiger partial charge >= 0.3 is 0 Å². The molecule has 1 amide bonds. The third-order valence-corrected chi connectivity index (χ3v) is 1.37. The Kier molecular flexibility index (Phi) is 5.78. The maximum Gasteiger partial charge on any atom is 0.220 e. The Hall–Kier alpha value is -0.610. The van der Waals surface area contributed by atoms with Crippen LogP contribution in [0.3, 0.4) is 0 Å². The van der Waals surface area contributed by atoms with E-state index in [-0.39, 0.29) is 18.4 Å². The van der Waals surface area contributed by atoms with Gasteiger partial charge in [0.05, 0.1) is 6.61 Å². The lowest BCUT2D eigenvalue weighted by atomic mass is 10.1. The van der Waals surface area contributed by atoms with E-state index in [1.54, 1.807) is 0 Å². The highest BCUT2D eigenvalue weighted by molar-refractivity contribution is 5.76. The molecule has 0 heterocycles. The number of aliphatic hydroxyl groups is 1. The van der Waals surface area contributed by atoms with Crippen molar-refractivity contribution < 1.29 is 9.90 Å².